The number of rotatable bonds is 3. The Morgan fingerprint density at radius 2 is 1.78 bits per heavy atom. The molecule has 3 unspecified atom stereocenters. The number of hydrogen-bond acceptors (Lipinski definition) is 2. The van der Waals surface area contributed by atoms with Gasteiger partial charge in [-0.15, -0.1) is 0 Å². The number of carbonyl (C=O) groups excluding carboxylic acids is 1. The molecule has 2 rings (SSSR count). The molecule has 0 heterocycles. The highest BCUT2D eigenvalue weighted by Crippen LogP contribution is 2.41. The van der Waals surface area contributed by atoms with Crippen LogP contribution in [0.3, 0.4) is 0 Å². The SMILES string of the molecule is CCC(C)(C)C(=O)OC1CCC2CCCCC2C1. The molecule has 104 valence electrons. The minimum Gasteiger partial charge on any atom is -0.462 e. The molecule has 18 heavy (non-hydrogen) atoms. The van der Waals surface area contributed by atoms with E-state index in [1.54, 1.807) is 0 Å². The lowest BCUT2D eigenvalue weighted by Gasteiger charge is -2.39. The zero-order valence-electron chi connectivity index (χ0n) is 12.2. The summed E-state index contributed by atoms with van der Waals surface area (Å²) in [5.41, 5.74) is -0.316. The predicted molar refractivity (Wildman–Crippen MR) is 73.3 cm³/mol. The quantitative estimate of drug-likeness (QED) is 0.699. The van der Waals surface area contributed by atoms with Gasteiger partial charge in [0.1, 0.15) is 6.10 Å². The summed E-state index contributed by atoms with van der Waals surface area (Å²) in [5, 5.41) is 0. The summed E-state index contributed by atoms with van der Waals surface area (Å²) in [5.74, 6) is 1.76. The van der Waals surface area contributed by atoms with Crippen LogP contribution in [-0.4, -0.2) is 12.1 Å². The standard InChI is InChI=1S/C16H28O2/c1-4-16(2,3)15(17)18-14-10-9-12-7-5-6-8-13(12)11-14/h12-14H,4-11H2,1-3H3. The van der Waals surface area contributed by atoms with E-state index >= 15 is 0 Å². The van der Waals surface area contributed by atoms with Gasteiger partial charge in [0.15, 0.2) is 0 Å². The van der Waals surface area contributed by atoms with Crippen molar-refractivity contribution in [2.75, 3.05) is 0 Å². The lowest BCUT2D eigenvalue weighted by molar-refractivity contribution is -0.163. The van der Waals surface area contributed by atoms with Crippen molar-refractivity contribution in [3.63, 3.8) is 0 Å². The summed E-state index contributed by atoms with van der Waals surface area (Å²) in [4.78, 5) is 12.1. The Balaban J connectivity index is 1.86. The summed E-state index contributed by atoms with van der Waals surface area (Å²) in [6.07, 6.45) is 10.1. The molecule has 0 aromatic rings. The lowest BCUT2D eigenvalue weighted by atomic mass is 9.70. The molecule has 0 N–H and O–H groups in total. The summed E-state index contributed by atoms with van der Waals surface area (Å²) < 4.78 is 5.76. The second-order valence-corrected chi connectivity index (χ2v) is 6.88. The fourth-order valence-corrected chi connectivity index (χ4v) is 3.39. The second-order valence-electron chi connectivity index (χ2n) is 6.88. The van der Waals surface area contributed by atoms with Gasteiger partial charge in [-0.1, -0.05) is 32.6 Å². The predicted octanol–water partition coefficient (Wildman–Crippen LogP) is 4.32. The third-order valence-electron chi connectivity index (χ3n) is 5.20. The van der Waals surface area contributed by atoms with E-state index in [4.69, 9.17) is 4.74 Å². The van der Waals surface area contributed by atoms with Crippen molar-refractivity contribution < 1.29 is 9.53 Å². The molecule has 2 aliphatic rings. The third kappa shape index (κ3) is 3.07. The summed E-state index contributed by atoms with van der Waals surface area (Å²) in [6.45, 7) is 6.03. The van der Waals surface area contributed by atoms with E-state index < -0.39 is 0 Å². The van der Waals surface area contributed by atoms with Crippen LogP contribution in [-0.2, 0) is 9.53 Å². The monoisotopic (exact) mass is 252 g/mol. The number of fused-ring (bicyclic) bond motifs is 1. The molecule has 2 nitrogen and oxygen atoms in total. The van der Waals surface area contributed by atoms with Crippen LogP contribution in [0.25, 0.3) is 0 Å². The van der Waals surface area contributed by atoms with E-state index in [0.717, 1.165) is 31.1 Å². The lowest BCUT2D eigenvalue weighted by Crippen LogP contribution is -2.36. The largest absolute Gasteiger partial charge is 0.462 e. The number of esters is 1. The van der Waals surface area contributed by atoms with Gasteiger partial charge in [-0.2, -0.15) is 0 Å². The first-order valence-corrected chi connectivity index (χ1v) is 7.74. The zero-order valence-corrected chi connectivity index (χ0v) is 12.2. The van der Waals surface area contributed by atoms with Crippen molar-refractivity contribution >= 4 is 5.97 Å². The molecule has 2 heteroatoms. The Labute approximate surface area is 111 Å². The molecule has 2 fully saturated rings. The molecule has 2 aliphatic carbocycles. The topological polar surface area (TPSA) is 26.3 Å². The van der Waals surface area contributed by atoms with E-state index in [1.807, 2.05) is 13.8 Å². The zero-order chi connectivity index (χ0) is 13.2. The highest BCUT2D eigenvalue weighted by molar-refractivity contribution is 5.75. The first-order chi connectivity index (χ1) is 8.53. The average Bonchev–Trinajstić information content (AvgIpc) is 2.38. The molecule has 0 bridgehead atoms. The van der Waals surface area contributed by atoms with Crippen molar-refractivity contribution in [2.24, 2.45) is 17.3 Å². The molecular formula is C16H28O2. The van der Waals surface area contributed by atoms with Crippen LogP contribution in [0.4, 0.5) is 0 Å². The highest BCUT2D eigenvalue weighted by atomic mass is 16.5. The van der Waals surface area contributed by atoms with Crippen molar-refractivity contribution in [1.29, 1.82) is 0 Å². The number of ether oxygens (including phenoxy) is 1. The fraction of sp³-hybridized carbons (Fsp3) is 0.938. The molecule has 0 aromatic carbocycles. The highest BCUT2D eigenvalue weighted by Gasteiger charge is 2.36. The maximum atomic E-state index is 12.1. The first-order valence-electron chi connectivity index (χ1n) is 7.74. The van der Waals surface area contributed by atoms with Gasteiger partial charge in [0, 0.05) is 0 Å². The van der Waals surface area contributed by atoms with Gasteiger partial charge in [-0.05, 0) is 51.4 Å². The van der Waals surface area contributed by atoms with Crippen LogP contribution in [0.2, 0.25) is 0 Å². The van der Waals surface area contributed by atoms with Gasteiger partial charge >= 0.3 is 5.97 Å². The summed E-state index contributed by atoms with van der Waals surface area (Å²) in [6, 6.07) is 0. The smallest absolute Gasteiger partial charge is 0.311 e. The minimum atomic E-state index is -0.316. The second kappa shape index (κ2) is 5.63. The van der Waals surface area contributed by atoms with Gasteiger partial charge in [-0.25, -0.2) is 0 Å². The van der Waals surface area contributed by atoms with Gasteiger partial charge in [0.05, 0.1) is 5.41 Å². The number of hydrogen-bond donors (Lipinski definition) is 0. The normalized spacial score (nSPS) is 32.7. The van der Waals surface area contributed by atoms with Gasteiger partial charge in [0.25, 0.3) is 0 Å². The van der Waals surface area contributed by atoms with Crippen LogP contribution in [0.5, 0.6) is 0 Å². The molecule has 3 atom stereocenters. The van der Waals surface area contributed by atoms with Crippen molar-refractivity contribution in [3.05, 3.63) is 0 Å². The molecule has 0 aliphatic heterocycles. The van der Waals surface area contributed by atoms with E-state index in [1.165, 1.54) is 32.1 Å². The van der Waals surface area contributed by atoms with Crippen LogP contribution >= 0.6 is 0 Å². The average molecular weight is 252 g/mol. The van der Waals surface area contributed by atoms with E-state index in [9.17, 15) is 4.79 Å². The fourth-order valence-electron chi connectivity index (χ4n) is 3.39. The van der Waals surface area contributed by atoms with Crippen molar-refractivity contribution in [3.8, 4) is 0 Å². The molecule has 0 spiro atoms. The maximum Gasteiger partial charge on any atom is 0.311 e. The Morgan fingerprint density at radius 3 is 2.44 bits per heavy atom. The maximum absolute atomic E-state index is 12.1. The van der Waals surface area contributed by atoms with Crippen molar-refractivity contribution in [2.45, 2.75) is 78.2 Å². The van der Waals surface area contributed by atoms with Gasteiger partial charge in [0.2, 0.25) is 0 Å². The molecule has 0 radical (unpaired) electrons. The van der Waals surface area contributed by atoms with Gasteiger partial charge < -0.3 is 4.74 Å². The van der Waals surface area contributed by atoms with Crippen LogP contribution < -0.4 is 0 Å². The van der Waals surface area contributed by atoms with Crippen molar-refractivity contribution in [1.82, 2.24) is 0 Å². The Hall–Kier alpha value is -0.530. The molecule has 0 amide bonds. The number of carbonyl (C=O) groups is 1. The van der Waals surface area contributed by atoms with Gasteiger partial charge in [-0.3, -0.25) is 4.79 Å². The van der Waals surface area contributed by atoms with E-state index in [0.29, 0.717) is 0 Å². The minimum absolute atomic E-state index is 0.00394. The first kappa shape index (κ1) is 13.9. The molecule has 0 saturated heterocycles. The van der Waals surface area contributed by atoms with Crippen LogP contribution in [0.15, 0.2) is 0 Å². The Kier molecular flexibility index (Phi) is 4.34. The van der Waals surface area contributed by atoms with Crippen LogP contribution in [0.1, 0.15) is 72.1 Å². The van der Waals surface area contributed by atoms with Crippen LogP contribution in [0, 0.1) is 17.3 Å². The van der Waals surface area contributed by atoms with E-state index in [-0.39, 0.29) is 17.5 Å². The molecule has 0 aromatic heterocycles. The Bertz CT molecular complexity index is 295. The Morgan fingerprint density at radius 1 is 1.11 bits per heavy atom. The van der Waals surface area contributed by atoms with E-state index in [2.05, 4.69) is 6.92 Å². The summed E-state index contributed by atoms with van der Waals surface area (Å²) >= 11 is 0. The third-order valence-corrected chi connectivity index (χ3v) is 5.20. The molecular weight excluding hydrogens is 224 g/mol. The molecule has 2 saturated carbocycles. The summed E-state index contributed by atoms with van der Waals surface area (Å²) in [7, 11) is 0.